The molecule has 1 aromatic carbocycles. The van der Waals surface area contributed by atoms with E-state index < -0.39 is 0 Å². The molecular formula is C16H24N2O2. The lowest BCUT2D eigenvalue weighted by Gasteiger charge is -2.24. The van der Waals surface area contributed by atoms with Crippen LogP contribution in [0.15, 0.2) is 24.3 Å². The van der Waals surface area contributed by atoms with E-state index in [-0.39, 0.29) is 11.9 Å². The number of amides is 1. The molecule has 0 bridgehead atoms. The van der Waals surface area contributed by atoms with Crippen molar-refractivity contribution < 1.29 is 9.53 Å². The van der Waals surface area contributed by atoms with Gasteiger partial charge in [0.1, 0.15) is 0 Å². The van der Waals surface area contributed by atoms with Crippen molar-refractivity contribution in [1.82, 2.24) is 5.32 Å². The number of anilines is 1. The highest BCUT2D eigenvalue weighted by atomic mass is 16.5. The number of carbonyl (C=O) groups excluding carboxylic acids is 1. The van der Waals surface area contributed by atoms with Crippen LogP contribution >= 0.6 is 0 Å². The molecule has 2 N–H and O–H groups in total. The van der Waals surface area contributed by atoms with Gasteiger partial charge >= 0.3 is 0 Å². The molecular weight excluding hydrogens is 252 g/mol. The van der Waals surface area contributed by atoms with Crippen molar-refractivity contribution in [1.29, 1.82) is 0 Å². The molecule has 0 aromatic heterocycles. The maximum atomic E-state index is 11.1. The molecule has 1 saturated heterocycles. The minimum absolute atomic E-state index is 0.0397. The van der Waals surface area contributed by atoms with E-state index >= 15 is 0 Å². The van der Waals surface area contributed by atoms with Gasteiger partial charge in [0.25, 0.3) is 0 Å². The van der Waals surface area contributed by atoms with Crippen LogP contribution < -0.4 is 10.6 Å². The van der Waals surface area contributed by atoms with Gasteiger partial charge in [-0.15, -0.1) is 0 Å². The molecule has 2 atom stereocenters. The molecule has 1 aliphatic heterocycles. The first-order valence-electron chi connectivity index (χ1n) is 7.34. The van der Waals surface area contributed by atoms with Gasteiger partial charge in [0, 0.05) is 31.8 Å². The monoisotopic (exact) mass is 276 g/mol. The first-order valence-corrected chi connectivity index (χ1v) is 7.34. The third kappa shape index (κ3) is 4.62. The lowest BCUT2D eigenvalue weighted by molar-refractivity contribution is -0.114. The summed E-state index contributed by atoms with van der Waals surface area (Å²) >= 11 is 0. The molecule has 1 fully saturated rings. The molecule has 2 rings (SSSR count). The van der Waals surface area contributed by atoms with Crippen LogP contribution in [0.5, 0.6) is 0 Å². The van der Waals surface area contributed by atoms with E-state index in [4.69, 9.17) is 4.74 Å². The summed E-state index contributed by atoms with van der Waals surface area (Å²) in [7, 11) is 0. The second kappa shape index (κ2) is 7.41. The van der Waals surface area contributed by atoms with Crippen molar-refractivity contribution >= 4 is 11.6 Å². The minimum Gasteiger partial charge on any atom is -0.381 e. The Balaban J connectivity index is 1.87. The number of hydrogen-bond acceptors (Lipinski definition) is 3. The van der Waals surface area contributed by atoms with Crippen LogP contribution in [0.1, 0.15) is 38.3 Å². The number of ether oxygens (including phenoxy) is 1. The Morgan fingerprint density at radius 2 is 2.35 bits per heavy atom. The first-order chi connectivity index (χ1) is 9.65. The fourth-order valence-electron chi connectivity index (χ4n) is 2.52. The summed E-state index contributed by atoms with van der Waals surface area (Å²) in [5.41, 5.74) is 2.04. The summed E-state index contributed by atoms with van der Waals surface area (Å²) in [6, 6.07) is 8.26. The number of nitrogens with one attached hydrogen (secondary N) is 2. The maximum Gasteiger partial charge on any atom is 0.221 e. The molecule has 4 nitrogen and oxygen atoms in total. The lowest BCUT2D eigenvalue weighted by atomic mass is 10.0. The van der Waals surface area contributed by atoms with E-state index in [1.54, 1.807) is 0 Å². The highest BCUT2D eigenvalue weighted by molar-refractivity contribution is 5.88. The largest absolute Gasteiger partial charge is 0.381 e. The molecule has 1 amide bonds. The van der Waals surface area contributed by atoms with Crippen molar-refractivity contribution in [2.24, 2.45) is 5.92 Å². The topological polar surface area (TPSA) is 50.4 Å². The van der Waals surface area contributed by atoms with E-state index in [0.29, 0.717) is 5.92 Å². The molecule has 110 valence electrons. The molecule has 0 radical (unpaired) electrons. The maximum absolute atomic E-state index is 11.1. The van der Waals surface area contributed by atoms with Crippen LogP contribution in [-0.4, -0.2) is 25.7 Å². The van der Waals surface area contributed by atoms with Crippen molar-refractivity contribution in [3.05, 3.63) is 29.8 Å². The van der Waals surface area contributed by atoms with E-state index in [1.165, 1.54) is 25.3 Å². The molecule has 1 aliphatic rings. The van der Waals surface area contributed by atoms with Crippen LogP contribution in [0.25, 0.3) is 0 Å². The van der Waals surface area contributed by atoms with Gasteiger partial charge < -0.3 is 15.4 Å². The summed E-state index contributed by atoms with van der Waals surface area (Å²) in [4.78, 5) is 11.1. The zero-order chi connectivity index (χ0) is 14.4. The number of hydrogen-bond donors (Lipinski definition) is 2. The predicted molar refractivity (Wildman–Crippen MR) is 80.7 cm³/mol. The van der Waals surface area contributed by atoms with Gasteiger partial charge in [0.15, 0.2) is 0 Å². The van der Waals surface area contributed by atoms with Crippen LogP contribution in [0, 0.1) is 5.92 Å². The Bertz CT molecular complexity index is 442. The van der Waals surface area contributed by atoms with Gasteiger partial charge in [-0.05, 0) is 43.4 Å². The molecule has 0 saturated carbocycles. The standard InChI is InChI=1S/C16H24N2O2/c1-12(17-10-14-5-4-8-20-11-14)15-6-3-7-16(9-15)18-13(2)19/h3,6-7,9,12,14,17H,4-5,8,10-11H2,1-2H3,(H,18,19). The van der Waals surface area contributed by atoms with Crippen LogP contribution in [0.2, 0.25) is 0 Å². The van der Waals surface area contributed by atoms with Crippen LogP contribution in [0.4, 0.5) is 5.69 Å². The quantitative estimate of drug-likeness (QED) is 0.869. The summed E-state index contributed by atoms with van der Waals surface area (Å²) in [6.07, 6.45) is 2.41. The van der Waals surface area contributed by atoms with Crippen molar-refractivity contribution in [3.63, 3.8) is 0 Å². The average molecular weight is 276 g/mol. The highest BCUT2D eigenvalue weighted by Gasteiger charge is 2.15. The van der Waals surface area contributed by atoms with Crippen molar-refractivity contribution in [2.75, 3.05) is 25.1 Å². The zero-order valence-corrected chi connectivity index (χ0v) is 12.3. The molecule has 20 heavy (non-hydrogen) atoms. The van der Waals surface area contributed by atoms with Gasteiger partial charge in [-0.1, -0.05) is 12.1 Å². The van der Waals surface area contributed by atoms with Gasteiger partial charge in [-0.25, -0.2) is 0 Å². The minimum atomic E-state index is -0.0397. The third-order valence-electron chi connectivity index (χ3n) is 3.67. The molecule has 0 spiro atoms. The smallest absolute Gasteiger partial charge is 0.221 e. The van der Waals surface area contributed by atoms with E-state index in [9.17, 15) is 4.79 Å². The van der Waals surface area contributed by atoms with Crippen molar-refractivity contribution in [3.8, 4) is 0 Å². The molecule has 4 heteroatoms. The van der Waals surface area contributed by atoms with Gasteiger partial charge in [-0.2, -0.15) is 0 Å². The lowest BCUT2D eigenvalue weighted by Crippen LogP contribution is -2.30. The summed E-state index contributed by atoms with van der Waals surface area (Å²) < 4.78 is 5.50. The van der Waals surface area contributed by atoms with Crippen LogP contribution in [-0.2, 0) is 9.53 Å². The van der Waals surface area contributed by atoms with Gasteiger partial charge in [-0.3, -0.25) is 4.79 Å². The number of carbonyl (C=O) groups is 1. The summed E-state index contributed by atoms with van der Waals surface area (Å²) in [5.74, 6) is 0.576. The number of rotatable bonds is 5. The Labute approximate surface area is 120 Å². The van der Waals surface area contributed by atoms with Crippen LogP contribution in [0.3, 0.4) is 0 Å². The fraction of sp³-hybridized carbons (Fsp3) is 0.562. The Hall–Kier alpha value is -1.39. The van der Waals surface area contributed by atoms with Gasteiger partial charge in [0.05, 0.1) is 6.61 Å². The normalized spacial score (nSPS) is 20.4. The van der Waals surface area contributed by atoms with E-state index in [1.807, 2.05) is 18.2 Å². The molecule has 0 aliphatic carbocycles. The summed E-state index contributed by atoms with van der Waals surface area (Å²) in [6.45, 7) is 6.43. The van der Waals surface area contributed by atoms with Gasteiger partial charge in [0.2, 0.25) is 5.91 Å². The predicted octanol–water partition coefficient (Wildman–Crippen LogP) is 2.72. The molecule has 1 aromatic rings. The molecule has 1 heterocycles. The van der Waals surface area contributed by atoms with Crippen molar-refractivity contribution in [2.45, 2.75) is 32.7 Å². The second-order valence-electron chi connectivity index (χ2n) is 5.52. The Morgan fingerprint density at radius 3 is 3.05 bits per heavy atom. The highest BCUT2D eigenvalue weighted by Crippen LogP contribution is 2.19. The van der Waals surface area contributed by atoms with E-state index in [0.717, 1.165) is 25.4 Å². The summed E-state index contributed by atoms with van der Waals surface area (Å²) in [5, 5.41) is 6.38. The second-order valence-corrected chi connectivity index (χ2v) is 5.52. The Kier molecular flexibility index (Phi) is 5.56. The Morgan fingerprint density at radius 1 is 1.50 bits per heavy atom. The zero-order valence-electron chi connectivity index (χ0n) is 12.3. The average Bonchev–Trinajstić information content (AvgIpc) is 2.45. The third-order valence-corrected chi connectivity index (χ3v) is 3.67. The first kappa shape index (κ1) is 15.0. The fourth-order valence-corrected chi connectivity index (χ4v) is 2.52. The van der Waals surface area contributed by atoms with E-state index in [2.05, 4.69) is 23.6 Å². The molecule has 2 unspecified atom stereocenters. The number of benzene rings is 1. The SMILES string of the molecule is CC(=O)Nc1cccc(C(C)NCC2CCCOC2)c1.